The van der Waals surface area contributed by atoms with Gasteiger partial charge in [-0.1, -0.05) is 57.0 Å². The van der Waals surface area contributed by atoms with E-state index in [0.29, 0.717) is 10.0 Å². The van der Waals surface area contributed by atoms with E-state index in [1.807, 2.05) is 30.3 Å². The van der Waals surface area contributed by atoms with Gasteiger partial charge >= 0.3 is 0 Å². The van der Waals surface area contributed by atoms with Gasteiger partial charge in [0.2, 0.25) is 0 Å². The first kappa shape index (κ1) is 12.3. The molecule has 0 fully saturated rings. The highest BCUT2D eigenvalue weighted by Crippen LogP contribution is 2.32. The van der Waals surface area contributed by atoms with Gasteiger partial charge in [-0.15, -0.1) is 0 Å². The number of hydrogen-bond acceptors (Lipinski definition) is 1. The molecule has 0 saturated carbocycles. The first-order valence-corrected chi connectivity index (χ1v) is 6.89. The Hall–Kier alpha value is -0.150. The van der Waals surface area contributed by atoms with Gasteiger partial charge in [0.15, 0.2) is 0 Å². The monoisotopic (exact) mass is 332 g/mol. The smallest absolute Gasteiger partial charge is 0.0432 e. The second kappa shape index (κ2) is 5.46. The summed E-state index contributed by atoms with van der Waals surface area (Å²) < 4.78 is 1.06. The summed E-state index contributed by atoms with van der Waals surface area (Å²) in [6.07, 6.45) is 0. The van der Waals surface area contributed by atoms with Crippen molar-refractivity contribution in [3.63, 3.8) is 0 Å². The minimum Gasteiger partial charge on any atom is -0.0900 e. The zero-order valence-corrected chi connectivity index (χ0v) is 12.0. The molecule has 0 saturated heterocycles. The SMILES string of the molecule is Clc1cc(Cl)cc(Sc2cccc(Br)c2)c1. The number of halogens is 3. The lowest BCUT2D eigenvalue weighted by molar-refractivity contribution is 1.39. The lowest BCUT2D eigenvalue weighted by Gasteiger charge is -2.03. The highest BCUT2D eigenvalue weighted by molar-refractivity contribution is 9.10. The van der Waals surface area contributed by atoms with Gasteiger partial charge in [-0.05, 0) is 36.4 Å². The van der Waals surface area contributed by atoms with Crippen molar-refractivity contribution in [2.75, 3.05) is 0 Å². The molecule has 0 N–H and O–H groups in total. The van der Waals surface area contributed by atoms with Gasteiger partial charge in [0.05, 0.1) is 0 Å². The molecule has 0 aliphatic rings. The van der Waals surface area contributed by atoms with E-state index in [2.05, 4.69) is 22.0 Å². The van der Waals surface area contributed by atoms with Crippen LogP contribution in [0.3, 0.4) is 0 Å². The fraction of sp³-hybridized carbons (Fsp3) is 0. The fourth-order valence-corrected chi connectivity index (χ4v) is 3.44. The Kier molecular flexibility index (Phi) is 4.20. The van der Waals surface area contributed by atoms with Crippen LogP contribution in [0, 0.1) is 0 Å². The van der Waals surface area contributed by atoms with Crippen molar-refractivity contribution < 1.29 is 0 Å². The molecule has 2 aromatic carbocycles. The van der Waals surface area contributed by atoms with Crippen LogP contribution in [-0.4, -0.2) is 0 Å². The van der Waals surface area contributed by atoms with Crippen LogP contribution in [0.15, 0.2) is 56.7 Å². The number of hydrogen-bond donors (Lipinski definition) is 0. The topological polar surface area (TPSA) is 0 Å². The van der Waals surface area contributed by atoms with Crippen molar-refractivity contribution in [1.82, 2.24) is 0 Å². The molecule has 2 aromatic rings. The van der Waals surface area contributed by atoms with E-state index in [9.17, 15) is 0 Å². The van der Waals surface area contributed by atoms with Crippen LogP contribution in [0.4, 0.5) is 0 Å². The zero-order chi connectivity index (χ0) is 11.5. The Morgan fingerprint density at radius 3 is 2.19 bits per heavy atom. The van der Waals surface area contributed by atoms with Crippen LogP contribution in [0.25, 0.3) is 0 Å². The Balaban J connectivity index is 2.27. The predicted molar refractivity (Wildman–Crippen MR) is 74.7 cm³/mol. The van der Waals surface area contributed by atoms with Crippen molar-refractivity contribution in [1.29, 1.82) is 0 Å². The molecule has 0 amide bonds. The Bertz CT molecular complexity index is 494. The molecule has 0 radical (unpaired) electrons. The van der Waals surface area contributed by atoms with Crippen molar-refractivity contribution in [2.24, 2.45) is 0 Å². The van der Waals surface area contributed by atoms with Gasteiger partial charge in [-0.2, -0.15) is 0 Å². The highest BCUT2D eigenvalue weighted by Gasteiger charge is 2.01. The van der Waals surface area contributed by atoms with Crippen molar-refractivity contribution >= 4 is 50.9 Å². The van der Waals surface area contributed by atoms with E-state index in [4.69, 9.17) is 23.2 Å². The molecule has 0 bridgehead atoms. The Morgan fingerprint density at radius 1 is 0.875 bits per heavy atom. The molecule has 0 heterocycles. The highest BCUT2D eigenvalue weighted by atomic mass is 79.9. The standard InChI is InChI=1S/C12H7BrCl2S/c13-8-2-1-3-11(4-8)16-12-6-9(14)5-10(15)7-12/h1-7H. The molecule has 0 unspecified atom stereocenters. The summed E-state index contributed by atoms with van der Waals surface area (Å²) in [5.74, 6) is 0. The third kappa shape index (κ3) is 3.42. The maximum Gasteiger partial charge on any atom is 0.0432 e. The average Bonchev–Trinajstić information content (AvgIpc) is 2.15. The molecule has 0 nitrogen and oxygen atoms in total. The summed E-state index contributed by atoms with van der Waals surface area (Å²) in [5.41, 5.74) is 0. The molecule has 16 heavy (non-hydrogen) atoms. The van der Waals surface area contributed by atoms with Crippen LogP contribution in [0.1, 0.15) is 0 Å². The summed E-state index contributed by atoms with van der Waals surface area (Å²) in [4.78, 5) is 2.18. The Labute approximate surface area is 117 Å². The summed E-state index contributed by atoms with van der Waals surface area (Å²) in [6.45, 7) is 0. The largest absolute Gasteiger partial charge is 0.0900 e. The first-order valence-electron chi connectivity index (χ1n) is 4.53. The van der Waals surface area contributed by atoms with E-state index in [-0.39, 0.29) is 0 Å². The lowest BCUT2D eigenvalue weighted by atomic mass is 10.4. The molecule has 0 atom stereocenters. The molecule has 4 heteroatoms. The summed E-state index contributed by atoms with van der Waals surface area (Å²) in [6, 6.07) is 13.6. The van der Waals surface area contributed by atoms with Gasteiger partial charge in [0, 0.05) is 24.3 Å². The molecule has 0 aromatic heterocycles. The molecule has 0 aliphatic carbocycles. The molecule has 2 rings (SSSR count). The third-order valence-corrected chi connectivity index (χ3v) is 3.76. The van der Waals surface area contributed by atoms with E-state index in [0.717, 1.165) is 14.3 Å². The van der Waals surface area contributed by atoms with Crippen molar-refractivity contribution in [3.8, 4) is 0 Å². The zero-order valence-electron chi connectivity index (χ0n) is 8.08. The fourth-order valence-electron chi connectivity index (χ4n) is 1.25. The maximum atomic E-state index is 5.94. The summed E-state index contributed by atoms with van der Waals surface area (Å²) >= 11 is 17.0. The minimum absolute atomic E-state index is 0.657. The van der Waals surface area contributed by atoms with Crippen LogP contribution in [-0.2, 0) is 0 Å². The van der Waals surface area contributed by atoms with Crippen molar-refractivity contribution in [3.05, 3.63) is 57.0 Å². The number of rotatable bonds is 2. The van der Waals surface area contributed by atoms with Crippen LogP contribution in [0.2, 0.25) is 10.0 Å². The first-order chi connectivity index (χ1) is 7.63. The van der Waals surface area contributed by atoms with Gasteiger partial charge in [0.25, 0.3) is 0 Å². The maximum absolute atomic E-state index is 5.94. The summed E-state index contributed by atoms with van der Waals surface area (Å²) in [7, 11) is 0. The van der Waals surface area contributed by atoms with Crippen LogP contribution < -0.4 is 0 Å². The van der Waals surface area contributed by atoms with E-state index in [1.54, 1.807) is 17.8 Å². The van der Waals surface area contributed by atoms with Crippen molar-refractivity contribution in [2.45, 2.75) is 9.79 Å². The minimum atomic E-state index is 0.657. The van der Waals surface area contributed by atoms with Gasteiger partial charge in [0.1, 0.15) is 0 Å². The number of benzene rings is 2. The van der Waals surface area contributed by atoms with Crippen LogP contribution >= 0.6 is 50.9 Å². The second-order valence-electron chi connectivity index (χ2n) is 3.16. The third-order valence-electron chi connectivity index (χ3n) is 1.87. The van der Waals surface area contributed by atoms with E-state index >= 15 is 0 Å². The van der Waals surface area contributed by atoms with E-state index < -0.39 is 0 Å². The molecular weight excluding hydrogens is 327 g/mol. The molecular formula is C12H7BrCl2S. The lowest BCUT2D eigenvalue weighted by Crippen LogP contribution is -1.75. The van der Waals surface area contributed by atoms with Gasteiger partial charge in [-0.25, -0.2) is 0 Å². The summed E-state index contributed by atoms with van der Waals surface area (Å²) in [5, 5.41) is 1.31. The molecule has 82 valence electrons. The molecule has 0 aliphatic heterocycles. The van der Waals surface area contributed by atoms with Gasteiger partial charge in [-0.3, -0.25) is 0 Å². The second-order valence-corrected chi connectivity index (χ2v) is 6.10. The Morgan fingerprint density at radius 2 is 1.56 bits per heavy atom. The molecule has 0 spiro atoms. The van der Waals surface area contributed by atoms with E-state index in [1.165, 1.54) is 0 Å². The average molecular weight is 334 g/mol. The van der Waals surface area contributed by atoms with Gasteiger partial charge < -0.3 is 0 Å². The quantitative estimate of drug-likeness (QED) is 0.658. The predicted octanol–water partition coefficient (Wildman–Crippen LogP) is 5.91. The van der Waals surface area contributed by atoms with Crippen LogP contribution in [0.5, 0.6) is 0 Å². The normalized spacial score (nSPS) is 10.4.